The van der Waals surface area contributed by atoms with E-state index in [4.69, 9.17) is 4.74 Å². The van der Waals surface area contributed by atoms with E-state index < -0.39 is 0 Å². The Kier molecular flexibility index (Phi) is 5.33. The van der Waals surface area contributed by atoms with Crippen molar-refractivity contribution in [1.29, 1.82) is 0 Å². The summed E-state index contributed by atoms with van der Waals surface area (Å²) < 4.78 is 7.44. The van der Waals surface area contributed by atoms with Crippen molar-refractivity contribution >= 4 is 22.8 Å². The molecule has 0 saturated carbocycles. The van der Waals surface area contributed by atoms with E-state index in [0.717, 1.165) is 35.7 Å². The number of nitrogens with zero attached hydrogens (tertiary/aromatic N) is 6. The SMILES string of the molecule is CC(C)COc1ccc(C(=O)N2CCN(c3ncnc4c3cnn4C)CC2)cc1. The highest BCUT2D eigenvalue weighted by Gasteiger charge is 2.24. The van der Waals surface area contributed by atoms with Crippen molar-refractivity contribution in [2.75, 3.05) is 37.7 Å². The monoisotopic (exact) mass is 394 g/mol. The number of aryl methyl sites for hydroxylation is 1. The molecular weight excluding hydrogens is 368 g/mol. The van der Waals surface area contributed by atoms with E-state index >= 15 is 0 Å². The van der Waals surface area contributed by atoms with E-state index in [1.807, 2.05) is 36.2 Å². The standard InChI is InChI=1S/C21H26N6O2/c1-15(2)13-29-17-6-4-16(5-7-17)21(28)27-10-8-26(9-11-27)20-18-12-24-25(3)19(18)22-14-23-20/h4-7,12,14-15H,8-11,13H2,1-3H3. The lowest BCUT2D eigenvalue weighted by Gasteiger charge is -2.35. The van der Waals surface area contributed by atoms with Crippen LogP contribution in [0.1, 0.15) is 24.2 Å². The molecule has 0 N–H and O–H groups in total. The molecule has 1 aliphatic heterocycles. The number of anilines is 1. The van der Waals surface area contributed by atoms with Gasteiger partial charge in [0.2, 0.25) is 0 Å². The number of hydrogen-bond acceptors (Lipinski definition) is 6. The van der Waals surface area contributed by atoms with Gasteiger partial charge in [0.25, 0.3) is 5.91 Å². The Morgan fingerprint density at radius 2 is 1.83 bits per heavy atom. The number of piperazine rings is 1. The number of amides is 1. The highest BCUT2D eigenvalue weighted by Crippen LogP contribution is 2.23. The molecule has 8 heteroatoms. The second-order valence-electron chi connectivity index (χ2n) is 7.71. The first-order chi connectivity index (χ1) is 14.0. The summed E-state index contributed by atoms with van der Waals surface area (Å²) in [4.78, 5) is 25.7. The minimum absolute atomic E-state index is 0.0503. The Labute approximate surface area is 170 Å². The van der Waals surface area contributed by atoms with E-state index in [2.05, 4.69) is 33.8 Å². The van der Waals surface area contributed by atoms with Crippen LogP contribution in [0.3, 0.4) is 0 Å². The van der Waals surface area contributed by atoms with Gasteiger partial charge in [0, 0.05) is 38.8 Å². The van der Waals surface area contributed by atoms with Crippen LogP contribution in [0.15, 0.2) is 36.8 Å². The molecule has 0 atom stereocenters. The third-order valence-electron chi connectivity index (χ3n) is 5.06. The lowest BCUT2D eigenvalue weighted by molar-refractivity contribution is 0.0746. The fraction of sp³-hybridized carbons (Fsp3) is 0.429. The maximum Gasteiger partial charge on any atom is 0.253 e. The van der Waals surface area contributed by atoms with Crippen LogP contribution in [0.5, 0.6) is 5.75 Å². The van der Waals surface area contributed by atoms with Crippen molar-refractivity contribution in [3.8, 4) is 5.75 Å². The molecule has 0 unspecified atom stereocenters. The van der Waals surface area contributed by atoms with Gasteiger partial charge in [0.05, 0.1) is 18.2 Å². The number of carbonyl (C=O) groups is 1. The number of hydrogen-bond donors (Lipinski definition) is 0. The number of rotatable bonds is 5. The fourth-order valence-corrected chi connectivity index (χ4v) is 3.46. The number of fused-ring (bicyclic) bond motifs is 1. The summed E-state index contributed by atoms with van der Waals surface area (Å²) in [5.41, 5.74) is 1.50. The first-order valence-electron chi connectivity index (χ1n) is 9.92. The van der Waals surface area contributed by atoms with Gasteiger partial charge in [-0.1, -0.05) is 13.8 Å². The van der Waals surface area contributed by atoms with Crippen molar-refractivity contribution < 1.29 is 9.53 Å². The molecule has 0 radical (unpaired) electrons. The summed E-state index contributed by atoms with van der Waals surface area (Å²) in [6.45, 7) is 7.64. The quantitative estimate of drug-likeness (QED) is 0.661. The largest absolute Gasteiger partial charge is 0.493 e. The molecule has 0 aliphatic carbocycles. The maximum atomic E-state index is 12.9. The molecule has 4 rings (SSSR count). The Bertz CT molecular complexity index is 990. The third-order valence-corrected chi connectivity index (χ3v) is 5.06. The zero-order valence-electron chi connectivity index (χ0n) is 17.1. The minimum Gasteiger partial charge on any atom is -0.493 e. The van der Waals surface area contributed by atoms with Gasteiger partial charge in [-0.2, -0.15) is 5.10 Å². The van der Waals surface area contributed by atoms with Crippen LogP contribution >= 0.6 is 0 Å². The molecule has 1 fully saturated rings. The van der Waals surface area contributed by atoms with Crippen molar-refractivity contribution in [2.24, 2.45) is 13.0 Å². The zero-order chi connectivity index (χ0) is 20.4. The molecule has 0 bridgehead atoms. The van der Waals surface area contributed by atoms with Gasteiger partial charge in [-0.25, -0.2) is 9.97 Å². The second kappa shape index (κ2) is 8.06. The third kappa shape index (κ3) is 4.01. The molecule has 152 valence electrons. The van der Waals surface area contributed by atoms with Crippen molar-refractivity contribution in [2.45, 2.75) is 13.8 Å². The number of aromatic nitrogens is 4. The van der Waals surface area contributed by atoms with Gasteiger partial charge in [-0.15, -0.1) is 0 Å². The predicted molar refractivity (Wildman–Crippen MR) is 111 cm³/mol. The van der Waals surface area contributed by atoms with Gasteiger partial charge >= 0.3 is 0 Å². The average Bonchev–Trinajstić information content (AvgIpc) is 3.13. The summed E-state index contributed by atoms with van der Waals surface area (Å²) in [6.07, 6.45) is 3.37. The lowest BCUT2D eigenvalue weighted by atomic mass is 10.1. The van der Waals surface area contributed by atoms with Crippen LogP contribution in [0.25, 0.3) is 11.0 Å². The van der Waals surface area contributed by atoms with Crippen molar-refractivity contribution in [1.82, 2.24) is 24.6 Å². The zero-order valence-corrected chi connectivity index (χ0v) is 17.1. The maximum absolute atomic E-state index is 12.9. The van der Waals surface area contributed by atoms with Crippen molar-refractivity contribution in [3.05, 3.63) is 42.4 Å². The Hall–Kier alpha value is -3.16. The molecule has 2 aromatic heterocycles. The second-order valence-corrected chi connectivity index (χ2v) is 7.71. The molecular formula is C21H26N6O2. The van der Waals surface area contributed by atoms with Gasteiger partial charge in [0.1, 0.15) is 17.9 Å². The van der Waals surface area contributed by atoms with Gasteiger partial charge in [-0.05, 0) is 30.2 Å². The van der Waals surface area contributed by atoms with Crippen molar-refractivity contribution in [3.63, 3.8) is 0 Å². The lowest BCUT2D eigenvalue weighted by Crippen LogP contribution is -2.49. The highest BCUT2D eigenvalue weighted by molar-refractivity contribution is 5.94. The molecule has 3 heterocycles. The summed E-state index contributed by atoms with van der Waals surface area (Å²) in [5.74, 6) is 2.19. The molecule has 1 amide bonds. The van der Waals surface area contributed by atoms with Gasteiger partial charge < -0.3 is 14.5 Å². The molecule has 1 saturated heterocycles. The van der Waals surface area contributed by atoms with E-state index in [0.29, 0.717) is 31.2 Å². The van der Waals surface area contributed by atoms with E-state index in [9.17, 15) is 4.79 Å². The Morgan fingerprint density at radius 1 is 1.10 bits per heavy atom. The predicted octanol–water partition coefficient (Wildman–Crippen LogP) is 2.36. The Morgan fingerprint density at radius 3 is 2.52 bits per heavy atom. The van der Waals surface area contributed by atoms with Crippen LogP contribution in [-0.4, -0.2) is 63.3 Å². The number of ether oxygens (including phenoxy) is 1. The summed E-state index contributed by atoms with van der Waals surface area (Å²) in [7, 11) is 1.87. The summed E-state index contributed by atoms with van der Waals surface area (Å²) >= 11 is 0. The van der Waals surface area contributed by atoms with Crippen LogP contribution in [0.2, 0.25) is 0 Å². The van der Waals surface area contributed by atoms with E-state index in [-0.39, 0.29) is 5.91 Å². The van der Waals surface area contributed by atoms with Crippen LogP contribution < -0.4 is 9.64 Å². The highest BCUT2D eigenvalue weighted by atomic mass is 16.5. The molecule has 29 heavy (non-hydrogen) atoms. The smallest absolute Gasteiger partial charge is 0.253 e. The van der Waals surface area contributed by atoms with E-state index in [1.54, 1.807) is 17.2 Å². The first-order valence-corrected chi connectivity index (χ1v) is 9.92. The number of benzene rings is 1. The fourth-order valence-electron chi connectivity index (χ4n) is 3.46. The first kappa shape index (κ1) is 19.2. The number of carbonyl (C=O) groups excluding carboxylic acids is 1. The average molecular weight is 394 g/mol. The summed E-state index contributed by atoms with van der Waals surface area (Å²) in [5, 5.41) is 5.21. The molecule has 1 aliphatic rings. The normalized spacial score (nSPS) is 14.6. The molecule has 0 spiro atoms. The summed E-state index contributed by atoms with van der Waals surface area (Å²) in [6, 6.07) is 7.42. The van der Waals surface area contributed by atoms with Gasteiger partial charge in [-0.3, -0.25) is 9.48 Å². The van der Waals surface area contributed by atoms with Gasteiger partial charge in [0.15, 0.2) is 5.65 Å². The minimum atomic E-state index is 0.0503. The molecule has 1 aromatic carbocycles. The Balaban J connectivity index is 1.39. The van der Waals surface area contributed by atoms with Crippen LogP contribution in [0.4, 0.5) is 5.82 Å². The topological polar surface area (TPSA) is 76.4 Å². The van der Waals surface area contributed by atoms with Crippen LogP contribution in [0, 0.1) is 5.92 Å². The molecule has 3 aromatic rings. The van der Waals surface area contributed by atoms with E-state index in [1.165, 1.54) is 0 Å². The van der Waals surface area contributed by atoms with Crippen LogP contribution in [-0.2, 0) is 7.05 Å². The molecule has 8 nitrogen and oxygen atoms in total.